The Bertz CT molecular complexity index is 326. The lowest BCUT2D eigenvalue weighted by molar-refractivity contribution is -0.122. The number of carbonyl (C=O) groups excluding carboxylic acids is 1. The molecule has 0 atom stereocenters. The summed E-state index contributed by atoms with van der Waals surface area (Å²) in [7, 11) is -3.11. The average molecular weight is 262 g/mol. The highest BCUT2D eigenvalue weighted by Crippen LogP contribution is 2.11. The van der Waals surface area contributed by atoms with Crippen LogP contribution in [-0.4, -0.2) is 45.7 Å². The summed E-state index contributed by atoms with van der Waals surface area (Å²) < 4.78 is 56.2. The van der Waals surface area contributed by atoms with E-state index in [2.05, 4.69) is 5.32 Å². The van der Waals surface area contributed by atoms with E-state index in [-0.39, 0.29) is 18.7 Å². The highest BCUT2D eigenvalue weighted by Gasteiger charge is 2.27. The quantitative estimate of drug-likeness (QED) is 0.699. The van der Waals surface area contributed by atoms with Gasteiger partial charge in [-0.25, -0.2) is 13.2 Å². The number of hydrogen-bond donors (Lipinski definition) is 2. The minimum atomic E-state index is -4.45. The minimum Gasteiger partial charge on any atom is -0.338 e. The molecule has 0 saturated heterocycles. The summed E-state index contributed by atoms with van der Waals surface area (Å²) in [6, 6.07) is -0.967. The van der Waals surface area contributed by atoms with Crippen LogP contribution >= 0.6 is 0 Å². The lowest BCUT2D eigenvalue weighted by Crippen LogP contribution is -2.41. The lowest BCUT2D eigenvalue weighted by atomic mass is 10.5. The molecule has 9 heteroatoms. The zero-order valence-electron chi connectivity index (χ0n) is 8.60. The van der Waals surface area contributed by atoms with E-state index >= 15 is 0 Å². The standard InChI is InChI=1S/C7H13F3N2O3S/c1-16(14,15)4-2-3-11-6(13)12-5-7(8,9)10/h2-5H2,1H3,(H2,11,12,13). The van der Waals surface area contributed by atoms with Crippen molar-refractivity contribution in [3.63, 3.8) is 0 Å². The number of rotatable bonds is 5. The SMILES string of the molecule is CS(=O)(=O)CCCNC(=O)NCC(F)(F)F. The van der Waals surface area contributed by atoms with Gasteiger partial charge in [0, 0.05) is 12.8 Å². The van der Waals surface area contributed by atoms with Crippen molar-refractivity contribution in [2.24, 2.45) is 0 Å². The molecular formula is C7H13F3N2O3S. The second-order valence-corrected chi connectivity index (χ2v) is 5.47. The van der Waals surface area contributed by atoms with Gasteiger partial charge < -0.3 is 10.6 Å². The summed E-state index contributed by atoms with van der Waals surface area (Å²) in [5, 5.41) is 3.71. The first kappa shape index (κ1) is 15.0. The van der Waals surface area contributed by atoms with Crippen LogP contribution in [0.1, 0.15) is 6.42 Å². The molecule has 5 nitrogen and oxygen atoms in total. The van der Waals surface area contributed by atoms with E-state index < -0.39 is 28.6 Å². The first-order valence-corrected chi connectivity index (χ1v) is 6.42. The number of hydrogen-bond acceptors (Lipinski definition) is 3. The average Bonchev–Trinajstić information content (AvgIpc) is 2.06. The molecule has 0 unspecified atom stereocenters. The van der Waals surface area contributed by atoms with E-state index in [1.54, 1.807) is 5.32 Å². The van der Waals surface area contributed by atoms with Crippen LogP contribution in [0.15, 0.2) is 0 Å². The predicted octanol–water partition coefficient (Wildman–Crippen LogP) is 0.283. The summed E-state index contributed by atoms with van der Waals surface area (Å²) >= 11 is 0. The van der Waals surface area contributed by atoms with Gasteiger partial charge >= 0.3 is 12.2 Å². The van der Waals surface area contributed by atoms with Gasteiger partial charge in [0.1, 0.15) is 16.4 Å². The van der Waals surface area contributed by atoms with Crippen LogP contribution in [0, 0.1) is 0 Å². The number of alkyl halides is 3. The number of urea groups is 1. The van der Waals surface area contributed by atoms with Crippen molar-refractivity contribution in [1.29, 1.82) is 0 Å². The zero-order chi connectivity index (χ0) is 12.8. The Morgan fingerprint density at radius 3 is 2.25 bits per heavy atom. The largest absolute Gasteiger partial charge is 0.405 e. The molecule has 0 aromatic heterocycles. The van der Waals surface area contributed by atoms with Crippen molar-refractivity contribution < 1.29 is 26.4 Å². The molecule has 0 spiro atoms. The summed E-state index contributed by atoms with van der Waals surface area (Å²) in [5.74, 6) is -0.119. The number of amides is 2. The number of nitrogens with one attached hydrogen (secondary N) is 2. The van der Waals surface area contributed by atoms with E-state index in [1.165, 1.54) is 0 Å². The Balaban J connectivity index is 3.60. The molecule has 2 N–H and O–H groups in total. The molecule has 0 heterocycles. The zero-order valence-corrected chi connectivity index (χ0v) is 9.41. The van der Waals surface area contributed by atoms with Crippen LogP contribution in [0.5, 0.6) is 0 Å². The first-order valence-electron chi connectivity index (χ1n) is 4.36. The molecular weight excluding hydrogens is 249 g/mol. The molecule has 0 bridgehead atoms. The smallest absolute Gasteiger partial charge is 0.338 e. The van der Waals surface area contributed by atoms with Gasteiger partial charge in [0.2, 0.25) is 0 Å². The van der Waals surface area contributed by atoms with Gasteiger partial charge in [-0.2, -0.15) is 13.2 Å². The molecule has 0 saturated carbocycles. The fourth-order valence-corrected chi connectivity index (χ4v) is 1.45. The maximum absolute atomic E-state index is 11.6. The van der Waals surface area contributed by atoms with Crippen LogP contribution in [0.3, 0.4) is 0 Å². The molecule has 0 aliphatic carbocycles. The third-order valence-corrected chi connectivity index (χ3v) is 2.46. The Morgan fingerprint density at radius 2 is 1.81 bits per heavy atom. The normalized spacial score (nSPS) is 12.2. The van der Waals surface area contributed by atoms with E-state index in [0.717, 1.165) is 6.26 Å². The van der Waals surface area contributed by atoms with Gasteiger partial charge in [0.15, 0.2) is 0 Å². The van der Waals surface area contributed by atoms with Gasteiger partial charge in [0.25, 0.3) is 0 Å². The van der Waals surface area contributed by atoms with Crippen LogP contribution in [0.2, 0.25) is 0 Å². The Kier molecular flexibility index (Phi) is 5.56. The molecule has 2 amide bonds. The van der Waals surface area contributed by atoms with E-state index in [4.69, 9.17) is 0 Å². The molecule has 0 aromatic rings. The van der Waals surface area contributed by atoms with Crippen LogP contribution in [-0.2, 0) is 9.84 Å². The molecule has 0 aliphatic heterocycles. The van der Waals surface area contributed by atoms with E-state index in [1.807, 2.05) is 0 Å². The Labute approximate surface area is 91.3 Å². The van der Waals surface area contributed by atoms with Gasteiger partial charge in [-0.15, -0.1) is 0 Å². The van der Waals surface area contributed by atoms with E-state index in [0.29, 0.717) is 0 Å². The maximum Gasteiger partial charge on any atom is 0.405 e. The molecule has 0 fully saturated rings. The second kappa shape index (κ2) is 5.92. The maximum atomic E-state index is 11.6. The van der Waals surface area contributed by atoms with Gasteiger partial charge in [-0.1, -0.05) is 0 Å². The number of carbonyl (C=O) groups is 1. The molecule has 0 aliphatic rings. The highest BCUT2D eigenvalue weighted by molar-refractivity contribution is 7.90. The van der Waals surface area contributed by atoms with Crippen molar-refractivity contribution in [2.45, 2.75) is 12.6 Å². The van der Waals surface area contributed by atoms with Crippen molar-refractivity contribution >= 4 is 15.9 Å². The highest BCUT2D eigenvalue weighted by atomic mass is 32.2. The summed E-state index contributed by atoms with van der Waals surface area (Å²) in [6.45, 7) is -1.40. The monoisotopic (exact) mass is 262 g/mol. The second-order valence-electron chi connectivity index (χ2n) is 3.21. The molecule has 0 rings (SSSR count). The van der Waals surface area contributed by atoms with E-state index in [9.17, 15) is 26.4 Å². The molecule has 0 aromatic carbocycles. The predicted molar refractivity (Wildman–Crippen MR) is 51.8 cm³/mol. The molecule has 96 valence electrons. The lowest BCUT2D eigenvalue weighted by Gasteiger charge is -2.09. The van der Waals surface area contributed by atoms with Crippen molar-refractivity contribution in [3.8, 4) is 0 Å². The van der Waals surface area contributed by atoms with Crippen LogP contribution in [0.25, 0.3) is 0 Å². The topological polar surface area (TPSA) is 75.3 Å². The summed E-state index contributed by atoms with van der Waals surface area (Å²) in [6.07, 6.45) is -3.25. The van der Waals surface area contributed by atoms with Crippen molar-refractivity contribution in [3.05, 3.63) is 0 Å². The minimum absolute atomic E-state index is 0.0107. The number of sulfone groups is 1. The van der Waals surface area contributed by atoms with Gasteiger partial charge in [-0.05, 0) is 6.42 Å². The Hall–Kier alpha value is -0.990. The van der Waals surface area contributed by atoms with Gasteiger partial charge in [-0.3, -0.25) is 0 Å². The van der Waals surface area contributed by atoms with Crippen LogP contribution in [0.4, 0.5) is 18.0 Å². The third-order valence-electron chi connectivity index (χ3n) is 1.43. The number of halogens is 3. The van der Waals surface area contributed by atoms with Crippen LogP contribution < -0.4 is 10.6 Å². The first-order chi connectivity index (χ1) is 7.10. The van der Waals surface area contributed by atoms with Crippen molar-refractivity contribution in [2.75, 3.05) is 25.1 Å². The van der Waals surface area contributed by atoms with Gasteiger partial charge in [0.05, 0.1) is 5.75 Å². The Morgan fingerprint density at radius 1 is 1.25 bits per heavy atom. The summed E-state index contributed by atoms with van der Waals surface area (Å²) in [4.78, 5) is 10.7. The fraction of sp³-hybridized carbons (Fsp3) is 0.857. The fourth-order valence-electron chi connectivity index (χ4n) is 0.779. The summed E-state index contributed by atoms with van der Waals surface area (Å²) in [5.41, 5.74) is 0. The molecule has 0 radical (unpaired) electrons. The third kappa shape index (κ3) is 11.1. The van der Waals surface area contributed by atoms with Crippen molar-refractivity contribution in [1.82, 2.24) is 10.6 Å². The molecule has 16 heavy (non-hydrogen) atoms.